The van der Waals surface area contributed by atoms with Gasteiger partial charge in [-0.3, -0.25) is 9.89 Å². The molecule has 0 aliphatic carbocycles. The maximum absolute atomic E-state index is 14.2. The van der Waals surface area contributed by atoms with Gasteiger partial charge in [-0.2, -0.15) is 0 Å². The number of hydrogen-bond donors (Lipinski definition) is 1. The summed E-state index contributed by atoms with van der Waals surface area (Å²) in [5, 5.41) is 4.62. The second kappa shape index (κ2) is 10.9. The van der Waals surface area contributed by atoms with Gasteiger partial charge < -0.3 is 15.0 Å². The summed E-state index contributed by atoms with van der Waals surface area (Å²) in [5.41, 5.74) is 2.72. The zero-order valence-electron chi connectivity index (χ0n) is 20.0. The molecule has 0 spiro atoms. The molecule has 3 aromatic rings. The summed E-state index contributed by atoms with van der Waals surface area (Å²) >= 11 is 12.4. The summed E-state index contributed by atoms with van der Waals surface area (Å²) in [6.45, 7) is 5.24. The number of piperazine rings is 1. The smallest absolute Gasteiger partial charge is 0.326 e. The lowest BCUT2D eigenvalue weighted by molar-refractivity contribution is 0.157. The molecule has 2 aliphatic heterocycles. The van der Waals surface area contributed by atoms with E-state index in [1.807, 2.05) is 89.5 Å². The van der Waals surface area contributed by atoms with Crippen LogP contribution in [0.15, 0.2) is 77.8 Å². The Morgan fingerprint density at radius 2 is 1.56 bits per heavy atom. The highest BCUT2D eigenvalue weighted by atomic mass is 35.5. The van der Waals surface area contributed by atoms with Crippen LogP contribution in [-0.4, -0.2) is 54.5 Å². The van der Waals surface area contributed by atoms with Crippen molar-refractivity contribution < 1.29 is 9.53 Å². The highest BCUT2D eigenvalue weighted by Gasteiger charge is 2.44. The average Bonchev–Trinajstić information content (AvgIpc) is 3.30. The third-order valence-corrected chi connectivity index (χ3v) is 7.02. The van der Waals surface area contributed by atoms with E-state index >= 15 is 0 Å². The van der Waals surface area contributed by atoms with Crippen molar-refractivity contribution in [3.8, 4) is 5.75 Å². The number of benzene rings is 3. The van der Waals surface area contributed by atoms with Gasteiger partial charge >= 0.3 is 6.03 Å². The largest absolute Gasteiger partial charge is 0.493 e. The molecular weight excluding hydrogens is 495 g/mol. The molecule has 0 bridgehead atoms. The highest BCUT2D eigenvalue weighted by molar-refractivity contribution is 6.30. The lowest BCUT2D eigenvalue weighted by Crippen LogP contribution is -2.53. The summed E-state index contributed by atoms with van der Waals surface area (Å²) in [4.78, 5) is 23.1. The Morgan fingerprint density at radius 3 is 2.19 bits per heavy atom. The van der Waals surface area contributed by atoms with Gasteiger partial charge in [-0.1, -0.05) is 59.6 Å². The van der Waals surface area contributed by atoms with Gasteiger partial charge in [0, 0.05) is 36.2 Å². The van der Waals surface area contributed by atoms with E-state index in [0.717, 1.165) is 29.8 Å². The normalized spacial score (nSPS) is 19.8. The Hall–Kier alpha value is -3.06. The van der Waals surface area contributed by atoms with E-state index in [2.05, 4.69) is 5.32 Å². The van der Waals surface area contributed by atoms with E-state index < -0.39 is 0 Å². The van der Waals surface area contributed by atoms with Crippen LogP contribution in [0.1, 0.15) is 35.7 Å². The van der Waals surface area contributed by atoms with E-state index in [4.69, 9.17) is 32.9 Å². The number of hydrogen-bond acceptors (Lipinski definition) is 4. The zero-order chi connectivity index (χ0) is 25.1. The number of amides is 2. The van der Waals surface area contributed by atoms with Crippen molar-refractivity contribution in [1.82, 2.24) is 15.1 Å². The first kappa shape index (κ1) is 24.6. The number of amidine groups is 1. The number of rotatable bonds is 5. The molecule has 0 unspecified atom stereocenters. The number of urea groups is 1. The van der Waals surface area contributed by atoms with Crippen molar-refractivity contribution >= 4 is 35.1 Å². The van der Waals surface area contributed by atoms with Gasteiger partial charge in [0.15, 0.2) is 0 Å². The molecule has 2 atom stereocenters. The predicted molar refractivity (Wildman–Crippen MR) is 144 cm³/mol. The first-order chi connectivity index (χ1) is 17.6. The number of para-hydroxylation sites is 1. The van der Waals surface area contributed by atoms with Gasteiger partial charge in [-0.05, 0) is 54.4 Å². The van der Waals surface area contributed by atoms with Crippen LogP contribution in [0.5, 0.6) is 5.75 Å². The Balaban J connectivity index is 1.68. The van der Waals surface area contributed by atoms with Crippen LogP contribution in [0.25, 0.3) is 0 Å². The number of halogens is 2. The van der Waals surface area contributed by atoms with Crippen molar-refractivity contribution in [2.45, 2.75) is 19.0 Å². The minimum Gasteiger partial charge on any atom is -0.493 e. The first-order valence-corrected chi connectivity index (χ1v) is 12.9. The van der Waals surface area contributed by atoms with Crippen LogP contribution in [0, 0.1) is 0 Å². The SMILES string of the molecule is CCOc1ccccc1C1=N[C@H](c2ccc(Cl)cc2)[C@H](c2ccc(Cl)cc2)N1C(=O)N1CCNCC1. The lowest BCUT2D eigenvalue weighted by atomic mass is 9.93. The van der Waals surface area contributed by atoms with Crippen LogP contribution >= 0.6 is 23.2 Å². The first-order valence-electron chi connectivity index (χ1n) is 12.2. The Bertz CT molecular complexity index is 1240. The minimum absolute atomic E-state index is 0.0713. The summed E-state index contributed by atoms with van der Waals surface area (Å²) < 4.78 is 5.96. The Kier molecular flexibility index (Phi) is 7.46. The molecule has 3 aromatic carbocycles. The van der Waals surface area contributed by atoms with Crippen LogP contribution in [0.4, 0.5) is 4.79 Å². The maximum Gasteiger partial charge on any atom is 0.326 e. The molecule has 36 heavy (non-hydrogen) atoms. The fourth-order valence-corrected chi connectivity index (χ4v) is 5.05. The molecule has 0 aromatic heterocycles. The second-order valence-corrected chi connectivity index (χ2v) is 9.64. The lowest BCUT2D eigenvalue weighted by Gasteiger charge is -2.36. The number of aliphatic imine (C=N–C) groups is 1. The zero-order valence-corrected chi connectivity index (χ0v) is 21.5. The molecule has 5 rings (SSSR count). The summed E-state index contributed by atoms with van der Waals surface area (Å²) in [6.07, 6.45) is 0. The Labute approximate surface area is 221 Å². The van der Waals surface area contributed by atoms with E-state index in [1.165, 1.54) is 0 Å². The summed E-state index contributed by atoms with van der Waals surface area (Å²) in [6, 6.07) is 22.3. The third-order valence-electron chi connectivity index (χ3n) is 6.51. The van der Waals surface area contributed by atoms with Gasteiger partial charge in [0.05, 0.1) is 18.2 Å². The molecule has 6 nitrogen and oxygen atoms in total. The molecule has 0 radical (unpaired) electrons. The number of nitrogens with one attached hydrogen (secondary N) is 1. The van der Waals surface area contributed by atoms with Gasteiger partial charge in [-0.25, -0.2) is 4.79 Å². The topological polar surface area (TPSA) is 57.2 Å². The van der Waals surface area contributed by atoms with E-state index in [-0.39, 0.29) is 18.1 Å². The Morgan fingerprint density at radius 1 is 0.944 bits per heavy atom. The average molecular weight is 523 g/mol. The second-order valence-electron chi connectivity index (χ2n) is 8.76. The number of ether oxygens (including phenoxy) is 1. The van der Waals surface area contributed by atoms with Crippen LogP contribution in [0.3, 0.4) is 0 Å². The van der Waals surface area contributed by atoms with Gasteiger partial charge in [0.2, 0.25) is 0 Å². The molecule has 1 fully saturated rings. The van der Waals surface area contributed by atoms with Crippen molar-refractivity contribution in [2.75, 3.05) is 32.8 Å². The van der Waals surface area contributed by atoms with Crippen molar-refractivity contribution in [3.05, 3.63) is 99.5 Å². The fraction of sp³-hybridized carbons (Fsp3) is 0.286. The quantitative estimate of drug-likeness (QED) is 0.449. The van der Waals surface area contributed by atoms with Gasteiger partial charge in [0.1, 0.15) is 17.6 Å². The molecule has 2 aliphatic rings. The van der Waals surface area contributed by atoms with Crippen LogP contribution < -0.4 is 10.1 Å². The summed E-state index contributed by atoms with van der Waals surface area (Å²) in [7, 11) is 0. The number of carbonyl (C=O) groups excluding carboxylic acids is 1. The monoisotopic (exact) mass is 522 g/mol. The van der Waals surface area contributed by atoms with Crippen molar-refractivity contribution in [3.63, 3.8) is 0 Å². The van der Waals surface area contributed by atoms with Crippen LogP contribution in [0.2, 0.25) is 10.0 Å². The molecular formula is C28H28Cl2N4O2. The van der Waals surface area contributed by atoms with Gasteiger partial charge in [-0.15, -0.1) is 0 Å². The minimum atomic E-state index is -0.365. The number of carbonyl (C=O) groups is 1. The van der Waals surface area contributed by atoms with Crippen LogP contribution in [-0.2, 0) is 0 Å². The summed E-state index contributed by atoms with van der Waals surface area (Å²) in [5.74, 6) is 1.30. The molecule has 1 saturated heterocycles. The molecule has 2 amide bonds. The third kappa shape index (κ3) is 4.94. The molecule has 0 saturated carbocycles. The molecule has 1 N–H and O–H groups in total. The van der Waals surface area contributed by atoms with E-state index in [9.17, 15) is 4.79 Å². The maximum atomic E-state index is 14.2. The molecule has 8 heteroatoms. The fourth-order valence-electron chi connectivity index (χ4n) is 4.80. The molecule has 2 heterocycles. The number of nitrogens with zero attached hydrogens (tertiary/aromatic N) is 3. The standard InChI is InChI=1S/C28H28Cl2N4O2/c1-2-36-24-6-4-3-5-23(24)27-32-25(19-7-11-21(29)12-8-19)26(20-9-13-22(30)14-10-20)34(27)28(35)33-17-15-31-16-18-33/h3-14,25-26,31H,2,15-18H2,1H3/t25-,26+/m1/s1. The van der Waals surface area contributed by atoms with E-state index in [1.54, 1.807) is 0 Å². The van der Waals surface area contributed by atoms with E-state index in [0.29, 0.717) is 41.3 Å². The van der Waals surface area contributed by atoms with Crippen molar-refractivity contribution in [1.29, 1.82) is 0 Å². The molecule has 186 valence electrons. The van der Waals surface area contributed by atoms with Crippen molar-refractivity contribution in [2.24, 2.45) is 4.99 Å². The highest BCUT2D eigenvalue weighted by Crippen LogP contribution is 2.45. The van der Waals surface area contributed by atoms with Gasteiger partial charge in [0.25, 0.3) is 0 Å². The predicted octanol–water partition coefficient (Wildman–Crippen LogP) is 5.96.